The Bertz CT molecular complexity index is 1750. The zero-order chi connectivity index (χ0) is 30.3. The van der Waals surface area contributed by atoms with E-state index >= 15 is 0 Å². The summed E-state index contributed by atoms with van der Waals surface area (Å²) < 4.78 is 0. The van der Waals surface area contributed by atoms with Crippen LogP contribution in [0.2, 0.25) is 0 Å². The second-order valence-corrected chi connectivity index (χ2v) is 11.4. The van der Waals surface area contributed by atoms with E-state index in [1.54, 1.807) is 0 Å². The van der Waals surface area contributed by atoms with E-state index in [2.05, 4.69) is 46.8 Å². The number of hydrogen-bond donors (Lipinski definition) is 2. The molecule has 1 fully saturated rings. The van der Waals surface area contributed by atoms with Gasteiger partial charge in [-0.15, -0.1) is 33.5 Å². The second kappa shape index (κ2) is 12.9. The van der Waals surface area contributed by atoms with Gasteiger partial charge in [0.25, 0.3) is 0 Å². The molecule has 3 aromatic heterocycles. The predicted octanol–water partition coefficient (Wildman–Crippen LogP) is 4.48. The summed E-state index contributed by atoms with van der Waals surface area (Å²) in [6, 6.07) is 0. The van der Waals surface area contributed by atoms with E-state index in [4.69, 9.17) is 20.3 Å². The first-order chi connectivity index (χ1) is 20.0. The molecule has 2 aliphatic rings. The zero-order valence-electron chi connectivity index (χ0n) is 25.6. The van der Waals surface area contributed by atoms with Crippen LogP contribution in [-0.4, -0.2) is 22.2 Å². The first-order valence-corrected chi connectivity index (χ1v) is 14.8. The van der Waals surface area contributed by atoms with Gasteiger partial charge in [0.05, 0.1) is 0 Å². The summed E-state index contributed by atoms with van der Waals surface area (Å²) >= 11 is 0. The van der Waals surface area contributed by atoms with Crippen molar-refractivity contribution in [1.29, 1.82) is 0 Å². The predicted molar refractivity (Wildman–Crippen MR) is 163 cm³/mol. The molecule has 8 bridgehead atoms. The molecule has 3 aromatic rings. The molecule has 0 radical (unpaired) electrons. The minimum absolute atomic E-state index is 0. The molecule has 0 saturated carbocycles. The molecule has 2 aliphatic heterocycles. The van der Waals surface area contributed by atoms with Crippen molar-refractivity contribution in [3.05, 3.63) is 83.6 Å². The van der Waals surface area contributed by atoms with E-state index in [0.717, 1.165) is 74.3 Å². The van der Waals surface area contributed by atoms with Crippen molar-refractivity contribution in [2.24, 2.45) is 11.8 Å². The van der Waals surface area contributed by atoms with Crippen LogP contribution in [0.15, 0.2) is 11.4 Å². The van der Waals surface area contributed by atoms with E-state index in [1.165, 1.54) is 11.1 Å². The molecular weight excluding hydrogens is 584 g/mol. The number of carboxylic acids is 2. The van der Waals surface area contributed by atoms with Gasteiger partial charge < -0.3 is 30.5 Å². The van der Waals surface area contributed by atoms with Gasteiger partial charge >= 0.3 is 29.0 Å². The number of hydrogen-bond acceptors (Lipinski definition) is 2. The van der Waals surface area contributed by atoms with Crippen LogP contribution in [-0.2, 0) is 45.9 Å². The number of rotatable bonds is 8. The molecule has 1 saturated heterocycles. The number of fused-ring (bicyclic) bond motifs is 8. The van der Waals surface area contributed by atoms with Crippen LogP contribution in [0, 0.1) is 32.6 Å². The van der Waals surface area contributed by atoms with Crippen LogP contribution in [0.3, 0.4) is 0 Å². The Morgan fingerprint density at radius 3 is 1.86 bits per heavy atom. The summed E-state index contributed by atoms with van der Waals surface area (Å²) in [7, 11) is 0. The molecule has 0 unspecified atom stereocenters. The topological polar surface area (TPSA) is 131 Å². The number of carboxylic acid groups (broad SMARTS) is 2. The zero-order valence-corrected chi connectivity index (χ0v) is 26.7. The van der Waals surface area contributed by atoms with E-state index in [-0.39, 0.29) is 41.7 Å². The first-order valence-electron chi connectivity index (χ1n) is 14.8. The number of allylic oxidation sites excluding steroid dienone is 2. The van der Waals surface area contributed by atoms with Crippen LogP contribution in [0.4, 0.5) is 0 Å². The van der Waals surface area contributed by atoms with Crippen molar-refractivity contribution in [2.45, 2.75) is 80.1 Å². The Kier molecular flexibility index (Phi) is 9.67. The van der Waals surface area contributed by atoms with Gasteiger partial charge in [0.15, 0.2) is 0 Å². The van der Waals surface area contributed by atoms with Crippen molar-refractivity contribution in [3.8, 4) is 0 Å². The molecule has 0 aliphatic carbocycles. The fourth-order valence-corrected chi connectivity index (χ4v) is 6.42. The first kappa shape index (κ1) is 32.2. The maximum absolute atomic E-state index is 11.6. The Balaban J connectivity index is 0.00000423. The summed E-state index contributed by atoms with van der Waals surface area (Å²) in [5.41, 5.74) is 11.2. The molecule has 43 heavy (non-hydrogen) atoms. The molecule has 9 heteroatoms. The average Bonchev–Trinajstić information content (AvgIpc) is 3.59. The standard InChI is InChI=1S/C34H38N4O4.Fe/c1-7-21-17(3)25-13-26-19(5)23(9-11-33(39)40)31(37-26)16-32-24(10-12-34(41)42)20(6)28(38-32)15-30-22(8-2)18(4)27(36-30)14-29(21)35-25;/h13-16,20,24H,7-12H2,1-6H3,(H,39,40)(H,41,42);/q-4;+4/b25-13-,28-15-,29-14-,32-16-;/t20-,24+;/m0./s1. The third kappa shape index (κ3) is 6.20. The molecule has 2 atom stereocenters. The summed E-state index contributed by atoms with van der Waals surface area (Å²) in [4.78, 5) is 38.2. The summed E-state index contributed by atoms with van der Waals surface area (Å²) in [6.07, 6.45) is 10.5. The largest absolute Gasteiger partial charge is 4.00 e. The van der Waals surface area contributed by atoms with Gasteiger partial charge in [0.2, 0.25) is 0 Å². The smallest absolute Gasteiger partial charge is 0.664 e. The van der Waals surface area contributed by atoms with Crippen molar-refractivity contribution >= 4 is 36.2 Å². The second-order valence-electron chi connectivity index (χ2n) is 11.4. The summed E-state index contributed by atoms with van der Waals surface area (Å²) in [5, 5.41) is 25.7. The molecule has 5 heterocycles. The maximum Gasteiger partial charge on any atom is 4.00 e. The van der Waals surface area contributed by atoms with Gasteiger partial charge in [-0.2, -0.15) is 11.4 Å². The minimum atomic E-state index is -0.869. The monoisotopic (exact) mass is 622 g/mol. The number of carbonyl (C=O) groups is 2. The van der Waals surface area contributed by atoms with Gasteiger partial charge in [-0.05, 0) is 58.3 Å². The van der Waals surface area contributed by atoms with Crippen molar-refractivity contribution in [3.63, 3.8) is 0 Å². The number of aliphatic carboxylic acids is 2. The maximum atomic E-state index is 11.6. The normalized spacial score (nSPS) is 21.3. The number of nitrogens with zero attached hydrogens (tertiary/aromatic N) is 4. The van der Waals surface area contributed by atoms with Gasteiger partial charge in [-0.25, -0.2) is 0 Å². The Morgan fingerprint density at radius 2 is 1.26 bits per heavy atom. The Labute approximate surface area is 262 Å². The molecule has 5 rings (SSSR count). The van der Waals surface area contributed by atoms with Gasteiger partial charge in [0, 0.05) is 12.8 Å². The molecular formula is C34H38FeN4O4. The third-order valence-electron chi connectivity index (χ3n) is 8.95. The molecule has 0 spiro atoms. The van der Waals surface area contributed by atoms with Crippen LogP contribution < -0.4 is 25.7 Å². The molecule has 226 valence electrons. The van der Waals surface area contributed by atoms with Crippen molar-refractivity contribution < 1.29 is 36.9 Å². The Morgan fingerprint density at radius 1 is 0.698 bits per heavy atom. The van der Waals surface area contributed by atoms with Crippen LogP contribution >= 0.6 is 0 Å². The van der Waals surface area contributed by atoms with Crippen LogP contribution in [0.25, 0.3) is 29.6 Å². The van der Waals surface area contributed by atoms with E-state index in [0.29, 0.717) is 18.5 Å². The Hall–Kier alpha value is -3.68. The van der Waals surface area contributed by atoms with E-state index < -0.39 is 11.9 Å². The van der Waals surface area contributed by atoms with Crippen LogP contribution in [0.1, 0.15) is 96.2 Å². The summed E-state index contributed by atoms with van der Waals surface area (Å²) in [6.45, 7) is 12.5. The van der Waals surface area contributed by atoms with Gasteiger partial charge in [0.1, 0.15) is 0 Å². The van der Waals surface area contributed by atoms with Crippen molar-refractivity contribution in [2.75, 3.05) is 0 Å². The van der Waals surface area contributed by atoms with E-state index in [9.17, 15) is 19.8 Å². The quantitative estimate of drug-likeness (QED) is 0.354. The van der Waals surface area contributed by atoms with Gasteiger partial charge in [-0.1, -0.05) is 78.5 Å². The van der Waals surface area contributed by atoms with E-state index in [1.807, 2.05) is 19.1 Å². The summed E-state index contributed by atoms with van der Waals surface area (Å²) in [5.74, 6) is -1.84. The molecule has 2 N–H and O–H groups in total. The van der Waals surface area contributed by atoms with Crippen LogP contribution in [0.5, 0.6) is 0 Å². The SMILES string of the molecule is CCc1c2[n-]c(c1C)/C=c1\[n-]/c(c(C)c1CC)=C\c1[n-]c(c(CCC(=O)O)c1C)/C=C1\[N-]/C(=C\2)[C@@H](C)[C@H]1CCC(=O)O.[Fe+4]. The fourth-order valence-electron chi connectivity index (χ4n) is 6.42. The van der Waals surface area contributed by atoms with Gasteiger partial charge in [-0.3, -0.25) is 9.59 Å². The average molecular weight is 623 g/mol. The number of aromatic nitrogens is 3. The third-order valence-corrected chi connectivity index (χ3v) is 8.95. The molecule has 0 amide bonds. The fraction of sp³-hybridized carbons (Fsp3) is 0.412. The minimum Gasteiger partial charge on any atom is -0.664 e. The molecule has 0 aromatic carbocycles. The van der Waals surface area contributed by atoms with Crippen molar-refractivity contribution in [1.82, 2.24) is 15.0 Å². The molecule has 8 nitrogen and oxygen atoms in total.